The molecule has 42 heavy (non-hydrogen) atoms. The monoisotopic (exact) mass is 698 g/mol. The highest BCUT2D eigenvalue weighted by Gasteiger charge is 2.32. The molecule has 1 aliphatic heterocycles. The Morgan fingerprint density at radius 1 is 1.05 bits per heavy atom. The number of ether oxygens (including phenoxy) is 3. The Balaban J connectivity index is 1.35. The number of aryl methyl sites for hydroxylation is 1. The Hall–Kier alpha value is -3.97. The number of hydrazone groups is 1. The lowest BCUT2D eigenvalue weighted by Crippen LogP contribution is -2.45. The number of para-hydroxylation sites is 1. The van der Waals surface area contributed by atoms with Crippen LogP contribution in [0.3, 0.4) is 0 Å². The van der Waals surface area contributed by atoms with Crippen LogP contribution in [0.5, 0.6) is 11.5 Å². The molecule has 11 heteroatoms. The van der Waals surface area contributed by atoms with E-state index < -0.39 is 17.9 Å². The number of nitrogens with zero attached hydrogens (tertiary/aromatic N) is 1. The quantitative estimate of drug-likeness (QED) is 0.0839. The first-order chi connectivity index (χ1) is 20.2. The number of hydrogen-bond acceptors (Lipinski definition) is 7. The zero-order valence-corrected chi connectivity index (χ0v) is 26.4. The van der Waals surface area contributed by atoms with Crippen LogP contribution in [0.25, 0.3) is 0 Å². The summed E-state index contributed by atoms with van der Waals surface area (Å²) in [5.41, 5.74) is 7.19. The van der Waals surface area contributed by atoms with Crippen molar-refractivity contribution in [2.45, 2.75) is 33.4 Å². The van der Waals surface area contributed by atoms with Crippen molar-refractivity contribution in [1.82, 2.24) is 16.1 Å². The van der Waals surface area contributed by atoms with Crippen LogP contribution in [0.1, 0.15) is 42.1 Å². The standard InChI is InChI=1S/C31H31IN4O5S/c1-4-39-30(38)28-20(3)34-31(42)35-29(28)23-10-5-6-11-25(23)41-18-27(37)36-33-16-21-12-13-26(24(32)15-21)40-17-22-9-7-8-19(2)14-22/h5-16,29H,4,17-18H2,1-3H3,(H,36,37)(H2,34,35,42)/t29-/m0/s1. The summed E-state index contributed by atoms with van der Waals surface area (Å²) in [4.78, 5) is 25.2. The van der Waals surface area contributed by atoms with Gasteiger partial charge in [-0.1, -0.05) is 48.0 Å². The minimum Gasteiger partial charge on any atom is -0.488 e. The molecular weight excluding hydrogens is 667 g/mol. The summed E-state index contributed by atoms with van der Waals surface area (Å²) in [7, 11) is 0. The number of carbonyl (C=O) groups is 2. The van der Waals surface area contributed by atoms with Crippen molar-refractivity contribution in [1.29, 1.82) is 0 Å². The summed E-state index contributed by atoms with van der Waals surface area (Å²) in [6.07, 6.45) is 1.55. The lowest BCUT2D eigenvalue weighted by molar-refractivity contribution is -0.139. The van der Waals surface area contributed by atoms with Crippen LogP contribution in [0, 0.1) is 10.5 Å². The molecule has 3 aromatic carbocycles. The predicted octanol–water partition coefficient (Wildman–Crippen LogP) is 5.06. The molecule has 0 spiro atoms. The molecule has 0 bridgehead atoms. The van der Waals surface area contributed by atoms with Crippen LogP contribution >= 0.6 is 34.8 Å². The van der Waals surface area contributed by atoms with Gasteiger partial charge in [-0.15, -0.1) is 0 Å². The van der Waals surface area contributed by atoms with E-state index in [1.165, 1.54) is 5.56 Å². The van der Waals surface area contributed by atoms with Crippen LogP contribution in [0.4, 0.5) is 0 Å². The van der Waals surface area contributed by atoms with Crippen molar-refractivity contribution in [3.05, 3.63) is 104 Å². The van der Waals surface area contributed by atoms with Gasteiger partial charge in [0, 0.05) is 11.3 Å². The fourth-order valence-corrected chi connectivity index (χ4v) is 5.25. The Bertz CT molecular complexity index is 1540. The van der Waals surface area contributed by atoms with Gasteiger partial charge < -0.3 is 24.8 Å². The number of rotatable bonds is 11. The second kappa shape index (κ2) is 14.8. The van der Waals surface area contributed by atoms with E-state index in [4.69, 9.17) is 26.4 Å². The molecule has 1 amide bonds. The second-order valence-electron chi connectivity index (χ2n) is 9.38. The number of benzene rings is 3. The molecular formula is C31H31IN4O5S. The molecule has 0 radical (unpaired) electrons. The highest BCUT2D eigenvalue weighted by molar-refractivity contribution is 14.1. The number of hydrogen-bond donors (Lipinski definition) is 3. The molecule has 0 unspecified atom stereocenters. The Labute approximate surface area is 263 Å². The largest absolute Gasteiger partial charge is 0.488 e. The molecule has 0 aromatic heterocycles. The van der Waals surface area contributed by atoms with Gasteiger partial charge in [0.1, 0.15) is 18.1 Å². The number of allylic oxidation sites excluding steroid dienone is 1. The number of esters is 1. The third-order valence-corrected chi connectivity index (χ3v) is 7.25. The average Bonchev–Trinajstić information content (AvgIpc) is 2.95. The molecule has 0 fully saturated rings. The number of halogens is 1. The zero-order valence-electron chi connectivity index (χ0n) is 23.4. The van der Waals surface area contributed by atoms with Gasteiger partial charge in [0.15, 0.2) is 11.7 Å². The van der Waals surface area contributed by atoms with Crippen LogP contribution in [-0.2, 0) is 20.9 Å². The van der Waals surface area contributed by atoms with Gasteiger partial charge >= 0.3 is 5.97 Å². The van der Waals surface area contributed by atoms with Crippen LogP contribution < -0.4 is 25.5 Å². The fourth-order valence-electron chi connectivity index (χ4n) is 4.29. The smallest absolute Gasteiger partial charge is 0.338 e. The maximum Gasteiger partial charge on any atom is 0.338 e. The molecule has 1 heterocycles. The van der Waals surface area contributed by atoms with Crippen molar-refractivity contribution in [2.24, 2.45) is 5.10 Å². The Morgan fingerprint density at radius 3 is 2.62 bits per heavy atom. The van der Waals surface area contributed by atoms with Crippen molar-refractivity contribution in [3.63, 3.8) is 0 Å². The van der Waals surface area contributed by atoms with E-state index in [0.717, 1.165) is 20.4 Å². The van der Waals surface area contributed by atoms with Gasteiger partial charge in [0.25, 0.3) is 5.91 Å². The Kier molecular flexibility index (Phi) is 10.9. The molecule has 0 saturated heterocycles. The maximum atomic E-state index is 12.7. The van der Waals surface area contributed by atoms with Gasteiger partial charge in [-0.2, -0.15) is 5.10 Å². The summed E-state index contributed by atoms with van der Waals surface area (Å²) in [5, 5.41) is 10.5. The molecule has 1 aliphatic rings. The molecule has 1 atom stereocenters. The summed E-state index contributed by atoms with van der Waals surface area (Å²) in [6, 6.07) is 20.4. The van der Waals surface area contributed by atoms with Gasteiger partial charge in [0.2, 0.25) is 0 Å². The van der Waals surface area contributed by atoms with Crippen molar-refractivity contribution < 1.29 is 23.8 Å². The maximum absolute atomic E-state index is 12.7. The minimum atomic E-state index is -0.610. The van der Waals surface area contributed by atoms with E-state index in [-0.39, 0.29) is 13.2 Å². The highest BCUT2D eigenvalue weighted by Crippen LogP contribution is 2.33. The second-order valence-corrected chi connectivity index (χ2v) is 10.9. The predicted molar refractivity (Wildman–Crippen MR) is 173 cm³/mol. The van der Waals surface area contributed by atoms with Gasteiger partial charge in [-0.05, 0) is 91.0 Å². The number of carbonyl (C=O) groups excluding carboxylic acids is 2. The topological polar surface area (TPSA) is 110 Å². The normalized spacial score (nSPS) is 14.7. The third kappa shape index (κ3) is 8.29. The number of amides is 1. The van der Waals surface area contributed by atoms with E-state index >= 15 is 0 Å². The molecule has 9 nitrogen and oxygen atoms in total. The van der Waals surface area contributed by atoms with E-state index in [1.807, 2.05) is 36.4 Å². The first kappa shape index (κ1) is 31.0. The fraction of sp³-hybridized carbons (Fsp3) is 0.226. The number of nitrogens with one attached hydrogen (secondary N) is 3. The first-order valence-electron chi connectivity index (χ1n) is 13.2. The molecule has 218 valence electrons. The first-order valence-corrected chi connectivity index (χ1v) is 14.7. The summed E-state index contributed by atoms with van der Waals surface area (Å²) in [6.45, 7) is 5.98. The van der Waals surface area contributed by atoms with Crippen LogP contribution in [0.2, 0.25) is 0 Å². The SMILES string of the molecule is CCOC(=O)C1=C(C)NC(=S)N[C@H]1c1ccccc1OCC(=O)NN=Cc1ccc(OCc2cccc(C)c2)c(I)c1. The van der Waals surface area contributed by atoms with Gasteiger partial charge in [0.05, 0.1) is 28.0 Å². The third-order valence-electron chi connectivity index (χ3n) is 6.19. The number of thiocarbonyl (C=S) groups is 1. The molecule has 4 rings (SSSR count). The van der Waals surface area contributed by atoms with Crippen LogP contribution in [0.15, 0.2) is 83.1 Å². The van der Waals surface area contributed by atoms with E-state index in [1.54, 1.807) is 38.3 Å². The Morgan fingerprint density at radius 2 is 1.86 bits per heavy atom. The molecule has 3 aromatic rings. The zero-order chi connectivity index (χ0) is 30.1. The van der Waals surface area contributed by atoms with Crippen molar-refractivity contribution >= 4 is 58.0 Å². The summed E-state index contributed by atoms with van der Waals surface area (Å²) < 4.78 is 18.0. The summed E-state index contributed by atoms with van der Waals surface area (Å²) >= 11 is 7.53. The molecule has 0 saturated carbocycles. The summed E-state index contributed by atoms with van der Waals surface area (Å²) in [5.74, 6) is 0.277. The lowest BCUT2D eigenvalue weighted by Gasteiger charge is -2.30. The lowest BCUT2D eigenvalue weighted by atomic mass is 9.95. The van der Waals surface area contributed by atoms with Gasteiger partial charge in [-0.3, -0.25) is 4.79 Å². The molecule has 0 aliphatic carbocycles. The van der Waals surface area contributed by atoms with E-state index in [2.05, 4.69) is 62.8 Å². The molecule has 3 N–H and O–H groups in total. The van der Waals surface area contributed by atoms with Crippen molar-refractivity contribution in [2.75, 3.05) is 13.2 Å². The minimum absolute atomic E-state index is 0.233. The van der Waals surface area contributed by atoms with Crippen molar-refractivity contribution in [3.8, 4) is 11.5 Å². The van der Waals surface area contributed by atoms with Gasteiger partial charge in [-0.25, -0.2) is 10.2 Å². The average molecular weight is 699 g/mol. The van der Waals surface area contributed by atoms with E-state index in [0.29, 0.717) is 34.3 Å². The van der Waals surface area contributed by atoms with E-state index in [9.17, 15) is 9.59 Å². The van der Waals surface area contributed by atoms with Crippen LogP contribution in [-0.4, -0.2) is 36.4 Å². The highest BCUT2D eigenvalue weighted by atomic mass is 127.